The van der Waals surface area contributed by atoms with Gasteiger partial charge in [-0.15, -0.1) is 0 Å². The van der Waals surface area contributed by atoms with E-state index in [1.54, 1.807) is 18.7 Å². The van der Waals surface area contributed by atoms with Gasteiger partial charge in [-0.25, -0.2) is 9.59 Å². The zero-order valence-electron chi connectivity index (χ0n) is 37.2. The molecule has 66 heavy (non-hydrogen) atoms. The first-order valence-electron chi connectivity index (χ1n) is 21.3. The SMILES string of the molecule is CC(=O)N[C@H]1[C@@H](OCCCN(Cc2ccccc2)C(=O)OCc2ccccc2)O[C@H](C)[C@@H](OCc2ccccc2)[C@@H]1O[C@@H]1O[C@@H](C)[C@@H](OC(C)=O)[C@@H](OC(C)=O)[C@@H]1NC(=O)OCC(Cl)(Cl)Cl. The fourth-order valence-corrected chi connectivity index (χ4v) is 7.59. The normalized spacial score (nSPS) is 25.2. The number of ether oxygens (including phenoxy) is 9. The summed E-state index contributed by atoms with van der Waals surface area (Å²) in [5.41, 5.74) is 2.55. The molecule has 0 bridgehead atoms. The number of rotatable bonds is 19. The molecule has 0 unspecified atom stereocenters. The number of esters is 2. The van der Waals surface area contributed by atoms with E-state index in [1.807, 2.05) is 91.0 Å². The van der Waals surface area contributed by atoms with Gasteiger partial charge in [0.25, 0.3) is 0 Å². The highest BCUT2D eigenvalue weighted by molar-refractivity contribution is 6.67. The Kier molecular flexibility index (Phi) is 20.1. The van der Waals surface area contributed by atoms with Gasteiger partial charge >= 0.3 is 24.1 Å². The van der Waals surface area contributed by atoms with E-state index in [4.69, 9.17) is 77.4 Å². The van der Waals surface area contributed by atoms with Crippen LogP contribution >= 0.6 is 34.8 Å². The summed E-state index contributed by atoms with van der Waals surface area (Å²) in [6, 6.07) is 25.6. The van der Waals surface area contributed by atoms with Gasteiger partial charge in [0.15, 0.2) is 24.8 Å². The van der Waals surface area contributed by atoms with Crippen LogP contribution in [0.15, 0.2) is 91.0 Å². The second-order valence-corrected chi connectivity index (χ2v) is 18.2. The van der Waals surface area contributed by atoms with Gasteiger partial charge in [-0.3, -0.25) is 14.4 Å². The average Bonchev–Trinajstić information content (AvgIpc) is 3.27. The highest BCUT2D eigenvalue weighted by Gasteiger charge is 2.54. The van der Waals surface area contributed by atoms with E-state index in [-0.39, 0.29) is 32.9 Å². The number of hydrogen-bond donors (Lipinski definition) is 2. The number of benzene rings is 3. The van der Waals surface area contributed by atoms with Gasteiger partial charge in [0.1, 0.15) is 37.5 Å². The van der Waals surface area contributed by atoms with Crippen LogP contribution in [0.25, 0.3) is 0 Å². The number of nitrogens with zero attached hydrogens (tertiary/aromatic N) is 1. The molecule has 2 saturated heterocycles. The zero-order chi connectivity index (χ0) is 47.8. The van der Waals surface area contributed by atoms with Crippen LogP contribution in [0.5, 0.6) is 0 Å². The lowest BCUT2D eigenvalue weighted by molar-refractivity contribution is -0.327. The number of carbonyl (C=O) groups excluding carboxylic acids is 5. The second kappa shape index (κ2) is 25.4. The molecule has 3 amide bonds. The number of alkyl halides is 3. The van der Waals surface area contributed by atoms with Crippen LogP contribution < -0.4 is 10.6 Å². The summed E-state index contributed by atoms with van der Waals surface area (Å²) in [6.07, 6.45) is -10.5. The largest absolute Gasteiger partial charge is 0.456 e. The molecule has 2 heterocycles. The average molecular weight is 981 g/mol. The summed E-state index contributed by atoms with van der Waals surface area (Å²) in [7, 11) is 0. The summed E-state index contributed by atoms with van der Waals surface area (Å²) in [5.74, 6) is -1.99. The van der Waals surface area contributed by atoms with Crippen molar-refractivity contribution in [2.45, 2.75) is 126 Å². The first kappa shape index (κ1) is 52.3. The minimum atomic E-state index is -1.98. The van der Waals surface area contributed by atoms with E-state index in [9.17, 15) is 24.0 Å². The van der Waals surface area contributed by atoms with Gasteiger partial charge in [-0.2, -0.15) is 0 Å². The fraction of sp³-hybridized carbons (Fsp3) is 0.500. The molecule has 0 aliphatic carbocycles. The predicted molar refractivity (Wildman–Crippen MR) is 240 cm³/mol. The van der Waals surface area contributed by atoms with Crippen LogP contribution in [-0.2, 0) is 76.8 Å². The Morgan fingerprint density at radius 1 is 0.636 bits per heavy atom. The van der Waals surface area contributed by atoms with Gasteiger partial charge < -0.3 is 58.2 Å². The molecular formula is C46H56Cl3N3O14. The van der Waals surface area contributed by atoms with E-state index in [0.717, 1.165) is 30.5 Å². The molecule has 2 aliphatic rings. The highest BCUT2D eigenvalue weighted by Crippen LogP contribution is 2.34. The third kappa shape index (κ3) is 16.6. The van der Waals surface area contributed by atoms with E-state index in [0.29, 0.717) is 6.42 Å². The molecule has 0 radical (unpaired) electrons. The number of carbonyl (C=O) groups is 5. The zero-order valence-corrected chi connectivity index (χ0v) is 39.4. The summed E-state index contributed by atoms with van der Waals surface area (Å²) in [6.45, 7) is 6.96. The number of nitrogens with one attached hydrogen (secondary N) is 2. The maximum Gasteiger partial charge on any atom is 0.410 e. The second-order valence-electron chi connectivity index (χ2n) is 15.7. The fourth-order valence-electron chi connectivity index (χ4n) is 7.42. The van der Waals surface area contributed by atoms with E-state index in [2.05, 4.69) is 10.6 Å². The number of hydrogen-bond acceptors (Lipinski definition) is 14. The molecule has 2 N–H and O–H groups in total. The molecule has 17 nitrogen and oxygen atoms in total. The van der Waals surface area contributed by atoms with E-state index < -0.39 is 102 Å². The first-order chi connectivity index (χ1) is 31.5. The van der Waals surface area contributed by atoms with Crippen LogP contribution in [0, 0.1) is 0 Å². The van der Waals surface area contributed by atoms with Crippen molar-refractivity contribution in [3.63, 3.8) is 0 Å². The Balaban J connectivity index is 1.42. The molecular weight excluding hydrogens is 925 g/mol. The highest BCUT2D eigenvalue weighted by atomic mass is 35.6. The monoisotopic (exact) mass is 979 g/mol. The van der Waals surface area contributed by atoms with Gasteiger partial charge in [0.2, 0.25) is 9.70 Å². The van der Waals surface area contributed by atoms with E-state index in [1.165, 1.54) is 6.92 Å². The third-order valence-electron chi connectivity index (χ3n) is 10.3. The maximum absolute atomic E-state index is 13.5. The van der Waals surface area contributed by atoms with Crippen molar-refractivity contribution < 1.29 is 66.6 Å². The number of halogens is 3. The molecule has 2 aliphatic heterocycles. The maximum atomic E-state index is 13.5. The minimum absolute atomic E-state index is 0.0434. The lowest BCUT2D eigenvalue weighted by Gasteiger charge is -2.49. The molecule has 0 spiro atoms. The molecule has 0 saturated carbocycles. The van der Waals surface area contributed by atoms with Gasteiger partial charge in [-0.1, -0.05) is 126 Å². The molecule has 5 rings (SSSR count). The van der Waals surface area contributed by atoms with Crippen molar-refractivity contribution in [2.24, 2.45) is 0 Å². The molecule has 20 heteroatoms. The van der Waals surface area contributed by atoms with E-state index >= 15 is 0 Å². The standard InChI is InChI=1S/C46H56Cl3N3O14/c1-28-38(59-25-34-18-11-7-12-19-34)40(66-43-37(51-44(56)61-27-46(47,48)49)41(65-32(5)55)39(29(2)63-43)64-31(4)54)36(50-30(3)53)42(62-28)58-23-15-22-52(24-33-16-9-6-10-17-33)45(57)60-26-35-20-13-8-14-21-35/h6-14,16-21,28-29,36-43H,15,22-27H2,1-5H3,(H,50,53)(H,51,56)/t28-,29+,36-,37+,38-,39-,40-,41+,42+,43+/m1/s1. The summed E-state index contributed by atoms with van der Waals surface area (Å²) < 4.78 is 52.5. The van der Waals surface area contributed by atoms with Crippen molar-refractivity contribution in [3.8, 4) is 0 Å². The Labute approximate surface area is 398 Å². The van der Waals surface area contributed by atoms with Gasteiger partial charge in [-0.05, 0) is 37.0 Å². The summed E-state index contributed by atoms with van der Waals surface area (Å²) in [5, 5.41) is 5.46. The lowest BCUT2D eigenvalue weighted by Crippen LogP contribution is -2.69. The number of amides is 3. The van der Waals surface area contributed by atoms with Crippen molar-refractivity contribution in [3.05, 3.63) is 108 Å². The van der Waals surface area contributed by atoms with Crippen LogP contribution in [0.4, 0.5) is 9.59 Å². The van der Waals surface area contributed by atoms with Gasteiger partial charge in [0.05, 0.1) is 25.4 Å². The molecule has 360 valence electrons. The topological polar surface area (TPSA) is 196 Å². The lowest BCUT2D eigenvalue weighted by atomic mass is 9.94. The Bertz CT molecular complexity index is 2020. The van der Waals surface area contributed by atoms with Crippen molar-refractivity contribution in [2.75, 3.05) is 19.8 Å². The Hall–Kier alpha value is -4.72. The quantitative estimate of drug-likeness (QED) is 0.0570. The minimum Gasteiger partial charge on any atom is -0.456 e. The number of alkyl carbamates (subject to hydrolysis) is 1. The smallest absolute Gasteiger partial charge is 0.410 e. The van der Waals surface area contributed by atoms with Crippen LogP contribution in [0.2, 0.25) is 0 Å². The van der Waals surface area contributed by atoms with Crippen molar-refractivity contribution in [1.29, 1.82) is 0 Å². The molecule has 2 fully saturated rings. The van der Waals surface area contributed by atoms with Crippen LogP contribution in [0.1, 0.15) is 57.7 Å². The predicted octanol–water partition coefficient (Wildman–Crippen LogP) is 6.53. The summed E-state index contributed by atoms with van der Waals surface area (Å²) >= 11 is 17.5. The molecule has 10 atom stereocenters. The first-order valence-corrected chi connectivity index (χ1v) is 22.5. The van der Waals surface area contributed by atoms with Crippen molar-refractivity contribution in [1.82, 2.24) is 15.5 Å². The van der Waals surface area contributed by atoms with Crippen molar-refractivity contribution >= 4 is 64.8 Å². The Morgan fingerprint density at radius 2 is 1.17 bits per heavy atom. The molecule has 3 aromatic carbocycles. The molecule has 3 aromatic rings. The third-order valence-corrected chi connectivity index (χ3v) is 10.6. The van der Waals surface area contributed by atoms with Crippen LogP contribution in [0.3, 0.4) is 0 Å². The van der Waals surface area contributed by atoms with Gasteiger partial charge in [0, 0.05) is 33.9 Å². The van der Waals surface area contributed by atoms with Crippen LogP contribution in [-0.4, -0.2) is 120 Å². The molecule has 0 aromatic heterocycles. The summed E-state index contributed by atoms with van der Waals surface area (Å²) in [4.78, 5) is 66.2. The Morgan fingerprint density at radius 3 is 1.74 bits per heavy atom.